The average molecular weight is 342 g/mol. The molecule has 1 N–H and O–H groups in total. The number of hydrogen-bond acceptors (Lipinski definition) is 3. The lowest BCUT2D eigenvalue weighted by Crippen LogP contribution is -2.41. The summed E-state index contributed by atoms with van der Waals surface area (Å²) in [7, 11) is 0. The Balaban J connectivity index is 0.00000156. The van der Waals surface area contributed by atoms with E-state index in [1.807, 2.05) is 4.90 Å². The van der Waals surface area contributed by atoms with Gasteiger partial charge in [-0.15, -0.1) is 12.4 Å². The molecule has 2 amide bonds. The molecular formula is C17H28ClN3O2. The maximum atomic E-state index is 12.7. The summed E-state index contributed by atoms with van der Waals surface area (Å²) in [5.41, 5.74) is 0. The van der Waals surface area contributed by atoms with Crippen LogP contribution in [0.4, 0.5) is 0 Å². The van der Waals surface area contributed by atoms with Crippen molar-refractivity contribution in [1.29, 1.82) is 0 Å². The van der Waals surface area contributed by atoms with Gasteiger partial charge in [0.15, 0.2) is 0 Å². The molecule has 4 atom stereocenters. The monoisotopic (exact) mass is 341 g/mol. The van der Waals surface area contributed by atoms with Crippen LogP contribution in [0.25, 0.3) is 0 Å². The van der Waals surface area contributed by atoms with Gasteiger partial charge in [-0.2, -0.15) is 0 Å². The van der Waals surface area contributed by atoms with Crippen LogP contribution >= 0.6 is 12.4 Å². The fraction of sp³-hybridized carbons (Fsp3) is 0.882. The van der Waals surface area contributed by atoms with Crippen molar-refractivity contribution < 1.29 is 9.59 Å². The molecule has 4 aliphatic rings. The molecular weight excluding hydrogens is 314 g/mol. The largest absolute Gasteiger partial charge is 0.342 e. The molecule has 6 heteroatoms. The zero-order valence-corrected chi connectivity index (χ0v) is 14.5. The highest BCUT2D eigenvalue weighted by atomic mass is 35.5. The van der Waals surface area contributed by atoms with Crippen molar-refractivity contribution in [3.05, 3.63) is 0 Å². The van der Waals surface area contributed by atoms with Gasteiger partial charge in [0.1, 0.15) is 0 Å². The summed E-state index contributed by atoms with van der Waals surface area (Å²) in [5.74, 6) is 1.90. The van der Waals surface area contributed by atoms with Crippen LogP contribution in [0.3, 0.4) is 0 Å². The number of halogens is 1. The van der Waals surface area contributed by atoms with Crippen molar-refractivity contribution in [1.82, 2.24) is 15.1 Å². The van der Waals surface area contributed by atoms with Crippen LogP contribution in [0.5, 0.6) is 0 Å². The molecule has 0 spiro atoms. The maximum absolute atomic E-state index is 12.7. The van der Waals surface area contributed by atoms with Crippen molar-refractivity contribution in [3.8, 4) is 0 Å². The van der Waals surface area contributed by atoms with Crippen molar-refractivity contribution in [2.24, 2.45) is 11.8 Å². The Bertz CT molecular complexity index is 455. The van der Waals surface area contributed by atoms with Crippen molar-refractivity contribution in [2.75, 3.05) is 26.2 Å². The smallest absolute Gasteiger partial charge is 0.224 e. The summed E-state index contributed by atoms with van der Waals surface area (Å²) in [6.07, 6.45) is 6.79. The van der Waals surface area contributed by atoms with Gasteiger partial charge in [-0.1, -0.05) is 6.42 Å². The lowest BCUT2D eigenvalue weighted by atomic mass is 9.82. The molecule has 4 heterocycles. The maximum Gasteiger partial charge on any atom is 0.224 e. The van der Waals surface area contributed by atoms with Gasteiger partial charge in [0.05, 0.1) is 0 Å². The Morgan fingerprint density at radius 1 is 1.09 bits per heavy atom. The number of rotatable bonds is 3. The molecule has 0 unspecified atom stereocenters. The van der Waals surface area contributed by atoms with Gasteiger partial charge in [0, 0.05) is 51.1 Å². The van der Waals surface area contributed by atoms with Crippen LogP contribution in [-0.2, 0) is 9.59 Å². The second kappa shape index (κ2) is 6.98. The minimum Gasteiger partial charge on any atom is -0.342 e. The van der Waals surface area contributed by atoms with Crippen LogP contribution < -0.4 is 5.32 Å². The number of carbonyl (C=O) groups excluding carboxylic acids is 2. The van der Waals surface area contributed by atoms with Gasteiger partial charge in [-0.05, 0) is 37.5 Å². The van der Waals surface area contributed by atoms with Crippen LogP contribution in [0.1, 0.15) is 44.9 Å². The predicted molar refractivity (Wildman–Crippen MR) is 90.4 cm³/mol. The van der Waals surface area contributed by atoms with Crippen molar-refractivity contribution in [3.63, 3.8) is 0 Å². The summed E-state index contributed by atoms with van der Waals surface area (Å²) < 4.78 is 0. The Labute approximate surface area is 144 Å². The molecule has 23 heavy (non-hydrogen) atoms. The van der Waals surface area contributed by atoms with Crippen LogP contribution in [0.15, 0.2) is 0 Å². The van der Waals surface area contributed by atoms with Gasteiger partial charge < -0.3 is 15.1 Å². The minimum absolute atomic E-state index is 0. The van der Waals surface area contributed by atoms with Crippen molar-refractivity contribution in [2.45, 2.75) is 57.0 Å². The van der Waals surface area contributed by atoms with Gasteiger partial charge >= 0.3 is 0 Å². The molecule has 0 aromatic heterocycles. The van der Waals surface area contributed by atoms with E-state index >= 15 is 0 Å². The number of nitrogens with zero attached hydrogens (tertiary/aromatic N) is 2. The number of nitrogens with one attached hydrogen (secondary N) is 1. The Kier molecular flexibility index (Phi) is 5.16. The molecule has 0 aromatic rings. The molecule has 5 nitrogen and oxygen atoms in total. The molecule has 130 valence electrons. The number of amides is 2. The number of likely N-dealkylation sites (tertiary alicyclic amines) is 1. The van der Waals surface area contributed by atoms with Crippen LogP contribution in [0.2, 0.25) is 0 Å². The Hall–Kier alpha value is -0.810. The summed E-state index contributed by atoms with van der Waals surface area (Å²) in [6, 6.07) is 0.940. The molecule has 4 rings (SSSR count). The van der Waals surface area contributed by atoms with Gasteiger partial charge in [0.25, 0.3) is 0 Å². The summed E-state index contributed by atoms with van der Waals surface area (Å²) in [5, 5.41) is 3.49. The zero-order valence-electron chi connectivity index (χ0n) is 13.7. The van der Waals surface area contributed by atoms with E-state index in [0.29, 0.717) is 49.2 Å². The van der Waals surface area contributed by atoms with E-state index in [2.05, 4.69) is 10.2 Å². The van der Waals surface area contributed by atoms with E-state index in [1.165, 1.54) is 12.8 Å². The van der Waals surface area contributed by atoms with E-state index in [9.17, 15) is 9.59 Å². The topological polar surface area (TPSA) is 52.7 Å². The second-order valence-electron chi connectivity index (χ2n) is 7.44. The second-order valence-corrected chi connectivity index (χ2v) is 7.44. The van der Waals surface area contributed by atoms with Crippen LogP contribution in [0, 0.1) is 11.8 Å². The first-order valence-corrected chi connectivity index (χ1v) is 9.05. The third-order valence-electron chi connectivity index (χ3n) is 6.33. The summed E-state index contributed by atoms with van der Waals surface area (Å²) >= 11 is 0. The van der Waals surface area contributed by atoms with E-state index in [0.717, 1.165) is 38.9 Å². The normalized spacial score (nSPS) is 35.9. The quantitative estimate of drug-likeness (QED) is 0.844. The summed E-state index contributed by atoms with van der Waals surface area (Å²) in [4.78, 5) is 28.9. The fourth-order valence-electron chi connectivity index (χ4n) is 5.27. The highest BCUT2D eigenvalue weighted by molar-refractivity contribution is 5.85. The molecule has 4 fully saturated rings. The van der Waals surface area contributed by atoms with E-state index in [-0.39, 0.29) is 18.3 Å². The Morgan fingerprint density at radius 3 is 2.48 bits per heavy atom. The highest BCUT2D eigenvalue weighted by Gasteiger charge is 2.55. The third-order valence-corrected chi connectivity index (χ3v) is 6.33. The Morgan fingerprint density at radius 2 is 1.78 bits per heavy atom. The molecule has 4 saturated heterocycles. The molecule has 0 saturated carbocycles. The lowest BCUT2D eigenvalue weighted by molar-refractivity contribution is -0.135. The van der Waals surface area contributed by atoms with Crippen LogP contribution in [-0.4, -0.2) is 59.9 Å². The van der Waals surface area contributed by atoms with E-state index < -0.39 is 0 Å². The standard InChI is InChI=1S/C17H27N3O2.ClH/c21-16-4-2-1-3-8-19(16)9-7-17(22)20-14-5-6-15(20)13-11-18-10-12(13)14;/h12-15,18H,1-11H2;1H/t12-,13+,14-,15+;. The molecule has 0 radical (unpaired) electrons. The third kappa shape index (κ3) is 2.98. The first-order valence-electron chi connectivity index (χ1n) is 9.05. The predicted octanol–water partition coefficient (Wildman–Crippen LogP) is 1.41. The minimum atomic E-state index is 0. The van der Waals surface area contributed by atoms with Gasteiger partial charge in [0.2, 0.25) is 11.8 Å². The number of hydrogen-bond donors (Lipinski definition) is 1. The SMILES string of the molecule is Cl.O=C1CCCCCN1CCC(=O)N1[C@@H]2CC[C@H]1[C@H]1CNC[C@H]12. The average Bonchev–Trinajstić information content (AvgIpc) is 3.16. The van der Waals surface area contributed by atoms with Gasteiger partial charge in [-0.3, -0.25) is 9.59 Å². The highest BCUT2D eigenvalue weighted by Crippen LogP contribution is 2.47. The fourth-order valence-corrected chi connectivity index (χ4v) is 5.27. The van der Waals surface area contributed by atoms with E-state index in [4.69, 9.17) is 0 Å². The van der Waals surface area contributed by atoms with E-state index in [1.54, 1.807) is 0 Å². The number of fused-ring (bicyclic) bond motifs is 5. The molecule has 0 aliphatic carbocycles. The van der Waals surface area contributed by atoms with Gasteiger partial charge in [-0.25, -0.2) is 0 Å². The summed E-state index contributed by atoms with van der Waals surface area (Å²) in [6.45, 7) is 3.63. The molecule has 0 aromatic carbocycles. The molecule has 2 bridgehead atoms. The van der Waals surface area contributed by atoms with Crippen molar-refractivity contribution >= 4 is 24.2 Å². The first-order chi connectivity index (χ1) is 10.8. The first kappa shape index (κ1) is 17.0. The zero-order chi connectivity index (χ0) is 15.1. The number of carbonyl (C=O) groups is 2. The lowest BCUT2D eigenvalue weighted by Gasteiger charge is -2.27. The molecule has 4 aliphatic heterocycles.